The normalized spacial score (nSPS) is 20.5. The second-order valence-corrected chi connectivity index (χ2v) is 8.75. The first-order valence-corrected chi connectivity index (χ1v) is 9.08. The van der Waals surface area contributed by atoms with Gasteiger partial charge in [-0.05, 0) is 44.6 Å². The molecule has 1 amide bonds. The molecule has 0 aliphatic carbocycles. The fourth-order valence-electron chi connectivity index (χ4n) is 1.67. The molecular weight excluding hydrogens is 458 g/mol. The lowest BCUT2D eigenvalue weighted by molar-refractivity contribution is -0.117. The third-order valence-electron chi connectivity index (χ3n) is 2.53. The number of rotatable bonds is 2. The molecule has 9 heteroatoms. The van der Waals surface area contributed by atoms with Gasteiger partial charge >= 0.3 is 0 Å². The number of carbonyl (C=O) groups is 1. The summed E-state index contributed by atoms with van der Waals surface area (Å²) in [7, 11) is 1.56. The topological polar surface area (TPSA) is 67.3 Å². The van der Waals surface area contributed by atoms with Crippen molar-refractivity contribution in [3.8, 4) is 0 Å². The minimum Gasteiger partial charge on any atom is -0.295 e. The fourth-order valence-corrected chi connectivity index (χ4v) is 4.23. The average molecular weight is 465 g/mol. The maximum Gasteiger partial charge on any atom is 0.237 e. The lowest BCUT2D eigenvalue weighted by atomic mass is 10.4. The highest BCUT2D eigenvalue weighted by Gasteiger charge is 2.39. The quantitative estimate of drug-likeness (QED) is 0.496. The summed E-state index contributed by atoms with van der Waals surface area (Å²) in [6, 6.07) is 1.80. The summed E-state index contributed by atoms with van der Waals surface area (Å²) in [6.07, 6.45) is 1.47. The number of pyridine rings is 1. The molecule has 98 valence electrons. The first kappa shape index (κ1) is 14.5. The predicted molar refractivity (Wildman–Crippen MR) is 80.2 cm³/mol. The fraction of sp³-hybridized carbons (Fsp3) is 0.333. The van der Waals surface area contributed by atoms with Gasteiger partial charge in [0, 0.05) is 34.3 Å². The van der Waals surface area contributed by atoms with Gasteiger partial charge in [0.15, 0.2) is 0 Å². The Bertz CT molecular complexity index is 610. The smallest absolute Gasteiger partial charge is 0.237 e. The van der Waals surface area contributed by atoms with Gasteiger partial charge in [0.1, 0.15) is 11.1 Å². The van der Waals surface area contributed by atoms with Crippen molar-refractivity contribution in [2.24, 2.45) is 0 Å². The van der Waals surface area contributed by atoms with E-state index in [9.17, 15) is 13.2 Å². The number of amides is 1. The highest BCUT2D eigenvalue weighted by atomic mass is 127. The molecule has 2 rings (SSSR count). The monoisotopic (exact) mass is 464 g/mol. The van der Waals surface area contributed by atoms with Crippen LogP contribution in [0, 0.1) is 3.57 Å². The molecule has 5 nitrogen and oxygen atoms in total. The molecule has 1 aromatic rings. The van der Waals surface area contributed by atoms with Gasteiger partial charge in [-0.25, -0.2) is 13.4 Å². The van der Waals surface area contributed by atoms with Crippen molar-refractivity contribution in [1.29, 1.82) is 0 Å². The number of carbonyl (C=O) groups excluding carboxylic acids is 1. The SMILES string of the molecule is O=C1CC(S(=O)(=O)Cl)CN1c1ncc(Br)cc1I. The minimum atomic E-state index is -3.73. The number of hydrogen-bond donors (Lipinski definition) is 0. The van der Waals surface area contributed by atoms with Gasteiger partial charge in [0.05, 0.1) is 3.57 Å². The largest absolute Gasteiger partial charge is 0.295 e. The molecular formula is C9H7BrClIN2O3S. The van der Waals surface area contributed by atoms with E-state index in [1.165, 1.54) is 4.90 Å². The Morgan fingerprint density at radius 2 is 2.22 bits per heavy atom. The Labute approximate surface area is 131 Å². The van der Waals surface area contributed by atoms with E-state index in [-0.39, 0.29) is 18.9 Å². The molecule has 1 atom stereocenters. The molecule has 1 fully saturated rings. The Morgan fingerprint density at radius 1 is 1.56 bits per heavy atom. The zero-order chi connectivity index (χ0) is 13.5. The molecule has 1 unspecified atom stereocenters. The van der Waals surface area contributed by atoms with E-state index in [0.29, 0.717) is 5.82 Å². The van der Waals surface area contributed by atoms with Gasteiger partial charge in [-0.3, -0.25) is 9.69 Å². The lowest BCUT2D eigenvalue weighted by Gasteiger charge is -2.16. The van der Waals surface area contributed by atoms with E-state index in [0.717, 1.165) is 8.04 Å². The predicted octanol–water partition coefficient (Wildman–Crippen LogP) is 2.12. The van der Waals surface area contributed by atoms with Crippen molar-refractivity contribution < 1.29 is 13.2 Å². The molecule has 1 aliphatic heterocycles. The van der Waals surface area contributed by atoms with E-state index >= 15 is 0 Å². The standard InChI is InChI=1S/C9H7BrClIN2O3S/c10-5-1-7(12)9(13-3-5)14-4-6(2-8(14)15)18(11,16)17/h1,3,6H,2,4H2. The van der Waals surface area contributed by atoms with E-state index in [4.69, 9.17) is 10.7 Å². The van der Waals surface area contributed by atoms with Crippen molar-refractivity contribution in [2.45, 2.75) is 11.7 Å². The van der Waals surface area contributed by atoms with E-state index in [1.807, 2.05) is 22.6 Å². The van der Waals surface area contributed by atoms with E-state index in [2.05, 4.69) is 20.9 Å². The molecule has 1 aromatic heterocycles. The van der Waals surface area contributed by atoms with Crippen LogP contribution in [-0.4, -0.2) is 31.1 Å². The van der Waals surface area contributed by atoms with Crippen LogP contribution in [0.15, 0.2) is 16.7 Å². The van der Waals surface area contributed by atoms with Crippen LogP contribution in [0.1, 0.15) is 6.42 Å². The molecule has 0 aromatic carbocycles. The second kappa shape index (κ2) is 5.22. The Kier molecular flexibility index (Phi) is 4.20. The van der Waals surface area contributed by atoms with Crippen molar-refractivity contribution in [2.75, 3.05) is 11.4 Å². The molecule has 1 saturated heterocycles. The highest BCUT2D eigenvalue weighted by molar-refractivity contribution is 14.1. The third-order valence-corrected chi connectivity index (χ3v) is 5.63. The maximum atomic E-state index is 11.8. The van der Waals surface area contributed by atoms with Crippen molar-refractivity contribution >= 4 is 70.0 Å². The molecule has 1 aliphatic rings. The summed E-state index contributed by atoms with van der Waals surface area (Å²) < 4.78 is 24.1. The van der Waals surface area contributed by atoms with Crippen LogP contribution in [0.25, 0.3) is 0 Å². The van der Waals surface area contributed by atoms with Gasteiger partial charge in [-0.1, -0.05) is 0 Å². The first-order chi connectivity index (χ1) is 8.29. The van der Waals surface area contributed by atoms with Crippen molar-refractivity contribution in [1.82, 2.24) is 4.98 Å². The Balaban J connectivity index is 2.33. The van der Waals surface area contributed by atoms with Crippen LogP contribution < -0.4 is 4.90 Å². The summed E-state index contributed by atoms with van der Waals surface area (Å²) in [5.74, 6) is 0.184. The van der Waals surface area contributed by atoms with Crippen molar-refractivity contribution in [3.63, 3.8) is 0 Å². The molecule has 0 N–H and O–H groups in total. The van der Waals surface area contributed by atoms with Gasteiger partial charge in [-0.2, -0.15) is 0 Å². The van der Waals surface area contributed by atoms with Gasteiger partial charge < -0.3 is 0 Å². The summed E-state index contributed by atoms with van der Waals surface area (Å²) in [5, 5.41) is -0.868. The summed E-state index contributed by atoms with van der Waals surface area (Å²) >= 11 is 5.32. The molecule has 18 heavy (non-hydrogen) atoms. The Hall–Kier alpha value is 0.0700. The summed E-state index contributed by atoms with van der Waals surface area (Å²) in [5.41, 5.74) is 0. The molecule has 0 bridgehead atoms. The van der Waals surface area contributed by atoms with Crippen LogP contribution in [0.2, 0.25) is 0 Å². The molecule has 0 spiro atoms. The lowest BCUT2D eigenvalue weighted by Crippen LogP contribution is -2.28. The number of halogens is 3. The van der Waals surface area contributed by atoms with Crippen LogP contribution >= 0.6 is 49.2 Å². The maximum absolute atomic E-state index is 11.8. The molecule has 2 heterocycles. The average Bonchev–Trinajstić information content (AvgIpc) is 2.60. The van der Waals surface area contributed by atoms with E-state index < -0.39 is 14.3 Å². The van der Waals surface area contributed by atoms with Crippen LogP contribution in [-0.2, 0) is 13.8 Å². The third kappa shape index (κ3) is 2.97. The van der Waals surface area contributed by atoms with Gasteiger partial charge in [0.2, 0.25) is 15.0 Å². The number of nitrogens with zero attached hydrogens (tertiary/aromatic N) is 2. The Morgan fingerprint density at radius 3 is 2.72 bits per heavy atom. The van der Waals surface area contributed by atoms with Crippen LogP contribution in [0.4, 0.5) is 5.82 Å². The van der Waals surface area contributed by atoms with Crippen molar-refractivity contribution in [3.05, 3.63) is 20.3 Å². The summed E-state index contributed by atoms with van der Waals surface area (Å²) in [4.78, 5) is 17.3. The highest BCUT2D eigenvalue weighted by Crippen LogP contribution is 2.29. The van der Waals surface area contributed by atoms with Gasteiger partial charge in [0.25, 0.3) is 0 Å². The van der Waals surface area contributed by atoms with Crippen LogP contribution in [0.3, 0.4) is 0 Å². The van der Waals surface area contributed by atoms with Crippen LogP contribution in [0.5, 0.6) is 0 Å². The number of aromatic nitrogens is 1. The minimum absolute atomic E-state index is 0.0509. The zero-order valence-corrected chi connectivity index (χ0v) is 14.1. The first-order valence-electron chi connectivity index (χ1n) is 4.84. The number of hydrogen-bond acceptors (Lipinski definition) is 4. The number of anilines is 1. The molecule has 0 saturated carbocycles. The zero-order valence-electron chi connectivity index (χ0n) is 8.81. The van der Waals surface area contributed by atoms with E-state index in [1.54, 1.807) is 12.3 Å². The second-order valence-electron chi connectivity index (χ2n) is 3.77. The van der Waals surface area contributed by atoms with Gasteiger partial charge in [-0.15, -0.1) is 0 Å². The molecule has 0 radical (unpaired) electrons. The summed E-state index contributed by atoms with van der Waals surface area (Å²) in [6.45, 7) is 0.0509.